The van der Waals surface area contributed by atoms with Crippen molar-refractivity contribution in [3.05, 3.63) is 22.7 Å². The number of likely N-dealkylation sites (tertiary alicyclic amines) is 1. The Balaban J connectivity index is 1.98. The molecule has 4 nitrogen and oxygen atoms in total. The number of nitrogens with zero attached hydrogens (tertiary/aromatic N) is 1. The van der Waals surface area contributed by atoms with Crippen molar-refractivity contribution in [1.82, 2.24) is 4.90 Å². The van der Waals surface area contributed by atoms with Crippen molar-refractivity contribution in [3.8, 4) is 11.5 Å². The van der Waals surface area contributed by atoms with Crippen LogP contribution in [0.5, 0.6) is 11.5 Å². The fourth-order valence-corrected chi connectivity index (χ4v) is 3.39. The fourth-order valence-electron chi connectivity index (χ4n) is 3.12. The molecule has 0 aliphatic carbocycles. The molecular formula is C15H21ClN2O2. The Morgan fingerprint density at radius 1 is 1.35 bits per heavy atom. The van der Waals surface area contributed by atoms with E-state index in [0.29, 0.717) is 24.0 Å². The molecule has 2 heterocycles. The second-order valence-corrected chi connectivity index (χ2v) is 5.81. The van der Waals surface area contributed by atoms with Crippen LogP contribution in [-0.2, 0) is 0 Å². The molecule has 3 rings (SSSR count). The minimum absolute atomic E-state index is 0.149. The van der Waals surface area contributed by atoms with E-state index in [1.54, 1.807) is 0 Å². The molecule has 0 amide bonds. The highest BCUT2D eigenvalue weighted by atomic mass is 35.5. The molecule has 2 aliphatic rings. The summed E-state index contributed by atoms with van der Waals surface area (Å²) >= 11 is 6.37. The number of benzene rings is 1. The SMILES string of the molecule is CCN1CCC(N)C1c1cc(Cl)c2c(c1)OCCCO2. The first-order chi connectivity index (χ1) is 9.70. The zero-order valence-corrected chi connectivity index (χ0v) is 12.5. The van der Waals surface area contributed by atoms with Gasteiger partial charge in [-0.3, -0.25) is 4.90 Å². The van der Waals surface area contributed by atoms with Crippen LogP contribution in [0.3, 0.4) is 0 Å². The second-order valence-electron chi connectivity index (χ2n) is 5.41. The summed E-state index contributed by atoms with van der Waals surface area (Å²) < 4.78 is 11.4. The van der Waals surface area contributed by atoms with Crippen LogP contribution in [-0.4, -0.2) is 37.2 Å². The first kappa shape index (κ1) is 14.0. The molecule has 0 spiro atoms. The Bertz CT molecular complexity index is 495. The summed E-state index contributed by atoms with van der Waals surface area (Å²) in [6, 6.07) is 4.39. The van der Waals surface area contributed by atoms with Gasteiger partial charge in [-0.2, -0.15) is 0 Å². The van der Waals surface area contributed by atoms with Gasteiger partial charge >= 0.3 is 0 Å². The summed E-state index contributed by atoms with van der Waals surface area (Å²) in [5.74, 6) is 1.42. The predicted octanol–water partition coefficient (Wildman–Crippen LogP) is 2.60. The highest BCUT2D eigenvalue weighted by Gasteiger charge is 2.33. The van der Waals surface area contributed by atoms with Gasteiger partial charge in [0.25, 0.3) is 0 Å². The van der Waals surface area contributed by atoms with Crippen LogP contribution in [0.1, 0.15) is 31.4 Å². The number of rotatable bonds is 2. The molecule has 0 aromatic heterocycles. The molecule has 1 aromatic rings. The van der Waals surface area contributed by atoms with E-state index in [4.69, 9.17) is 26.8 Å². The van der Waals surface area contributed by atoms with Gasteiger partial charge in [0.05, 0.1) is 24.3 Å². The van der Waals surface area contributed by atoms with Crippen molar-refractivity contribution in [1.29, 1.82) is 0 Å². The summed E-state index contributed by atoms with van der Waals surface area (Å²) in [5, 5.41) is 0.620. The topological polar surface area (TPSA) is 47.7 Å². The van der Waals surface area contributed by atoms with Gasteiger partial charge in [0.15, 0.2) is 11.5 Å². The average Bonchev–Trinajstić information content (AvgIpc) is 2.66. The van der Waals surface area contributed by atoms with Crippen molar-refractivity contribution in [3.63, 3.8) is 0 Å². The number of likely N-dealkylation sites (N-methyl/N-ethyl adjacent to an activating group) is 1. The Hall–Kier alpha value is -0.970. The number of fused-ring (bicyclic) bond motifs is 1. The summed E-state index contributed by atoms with van der Waals surface area (Å²) in [6.07, 6.45) is 1.90. The highest BCUT2D eigenvalue weighted by molar-refractivity contribution is 6.32. The molecule has 2 unspecified atom stereocenters. The zero-order valence-electron chi connectivity index (χ0n) is 11.8. The van der Waals surface area contributed by atoms with E-state index in [-0.39, 0.29) is 12.1 Å². The molecule has 20 heavy (non-hydrogen) atoms. The second kappa shape index (κ2) is 5.80. The molecule has 0 bridgehead atoms. The summed E-state index contributed by atoms with van der Waals surface area (Å²) in [4.78, 5) is 2.39. The Morgan fingerprint density at radius 3 is 2.95 bits per heavy atom. The van der Waals surface area contributed by atoms with Gasteiger partial charge in [0, 0.05) is 19.0 Å². The lowest BCUT2D eigenvalue weighted by molar-refractivity contribution is 0.259. The molecular weight excluding hydrogens is 276 g/mol. The van der Waals surface area contributed by atoms with Gasteiger partial charge in [-0.15, -0.1) is 0 Å². The third-order valence-corrected chi connectivity index (χ3v) is 4.40. The van der Waals surface area contributed by atoms with Crippen LogP contribution in [0.2, 0.25) is 5.02 Å². The van der Waals surface area contributed by atoms with E-state index < -0.39 is 0 Å². The van der Waals surface area contributed by atoms with Crippen LogP contribution in [0.4, 0.5) is 0 Å². The Labute approximate surface area is 124 Å². The standard InChI is InChI=1S/C15H21ClN2O2/c1-2-18-5-4-12(17)14(18)10-8-11(16)15-13(9-10)19-6-3-7-20-15/h8-9,12,14H,2-7,17H2,1H3. The molecule has 2 atom stereocenters. The van der Waals surface area contributed by atoms with E-state index in [0.717, 1.165) is 37.2 Å². The minimum atomic E-state index is 0.149. The number of halogens is 1. The van der Waals surface area contributed by atoms with Crippen LogP contribution < -0.4 is 15.2 Å². The molecule has 0 radical (unpaired) electrons. The third-order valence-electron chi connectivity index (χ3n) is 4.12. The predicted molar refractivity (Wildman–Crippen MR) is 79.6 cm³/mol. The monoisotopic (exact) mass is 296 g/mol. The van der Waals surface area contributed by atoms with E-state index in [1.165, 1.54) is 0 Å². The van der Waals surface area contributed by atoms with Gasteiger partial charge in [0.2, 0.25) is 0 Å². The van der Waals surface area contributed by atoms with Crippen molar-refractivity contribution < 1.29 is 9.47 Å². The lowest BCUT2D eigenvalue weighted by atomic mass is 10.00. The third kappa shape index (κ3) is 2.48. The number of ether oxygens (including phenoxy) is 2. The Kier molecular flexibility index (Phi) is 4.06. The number of hydrogen-bond donors (Lipinski definition) is 1. The Morgan fingerprint density at radius 2 is 2.15 bits per heavy atom. The summed E-state index contributed by atoms with van der Waals surface area (Å²) in [7, 11) is 0. The molecule has 110 valence electrons. The lowest BCUT2D eigenvalue weighted by Gasteiger charge is -2.26. The lowest BCUT2D eigenvalue weighted by Crippen LogP contribution is -2.31. The normalized spacial score (nSPS) is 26.6. The van der Waals surface area contributed by atoms with Gasteiger partial charge in [-0.1, -0.05) is 18.5 Å². The molecule has 2 N–H and O–H groups in total. The van der Waals surface area contributed by atoms with E-state index >= 15 is 0 Å². The van der Waals surface area contributed by atoms with E-state index in [2.05, 4.69) is 11.8 Å². The first-order valence-corrected chi connectivity index (χ1v) is 7.67. The maximum absolute atomic E-state index is 6.37. The molecule has 2 aliphatic heterocycles. The van der Waals surface area contributed by atoms with Crippen molar-refractivity contribution in [2.75, 3.05) is 26.3 Å². The van der Waals surface area contributed by atoms with Gasteiger partial charge in [-0.25, -0.2) is 0 Å². The smallest absolute Gasteiger partial charge is 0.179 e. The maximum Gasteiger partial charge on any atom is 0.179 e. The van der Waals surface area contributed by atoms with E-state index in [1.807, 2.05) is 12.1 Å². The van der Waals surface area contributed by atoms with Crippen molar-refractivity contribution >= 4 is 11.6 Å². The van der Waals surface area contributed by atoms with E-state index in [9.17, 15) is 0 Å². The van der Waals surface area contributed by atoms with Gasteiger partial charge in [-0.05, 0) is 30.7 Å². The summed E-state index contributed by atoms with van der Waals surface area (Å²) in [6.45, 7) is 5.51. The van der Waals surface area contributed by atoms with Crippen LogP contribution in [0.15, 0.2) is 12.1 Å². The molecule has 0 saturated carbocycles. The molecule has 5 heteroatoms. The van der Waals surface area contributed by atoms with Crippen molar-refractivity contribution in [2.45, 2.75) is 31.8 Å². The largest absolute Gasteiger partial charge is 0.489 e. The first-order valence-electron chi connectivity index (χ1n) is 7.29. The highest BCUT2D eigenvalue weighted by Crippen LogP contribution is 2.42. The molecule has 1 fully saturated rings. The van der Waals surface area contributed by atoms with Crippen LogP contribution >= 0.6 is 11.6 Å². The molecule has 1 saturated heterocycles. The van der Waals surface area contributed by atoms with Gasteiger partial charge in [0.1, 0.15) is 0 Å². The maximum atomic E-state index is 6.37. The van der Waals surface area contributed by atoms with Crippen LogP contribution in [0, 0.1) is 0 Å². The van der Waals surface area contributed by atoms with Crippen molar-refractivity contribution in [2.24, 2.45) is 5.73 Å². The quantitative estimate of drug-likeness (QED) is 0.911. The average molecular weight is 297 g/mol. The zero-order chi connectivity index (χ0) is 14.1. The van der Waals surface area contributed by atoms with Gasteiger partial charge < -0.3 is 15.2 Å². The minimum Gasteiger partial charge on any atom is -0.489 e. The number of hydrogen-bond acceptors (Lipinski definition) is 4. The van der Waals surface area contributed by atoms with Crippen LogP contribution in [0.25, 0.3) is 0 Å². The summed E-state index contributed by atoms with van der Waals surface area (Å²) in [5.41, 5.74) is 7.41. The fraction of sp³-hybridized carbons (Fsp3) is 0.600. The number of nitrogens with two attached hydrogens (primary N) is 1. The molecule has 1 aromatic carbocycles.